The van der Waals surface area contributed by atoms with Crippen LogP contribution >= 0.6 is 0 Å². The number of carbonyl (C=O) groups is 2. The van der Waals surface area contributed by atoms with Gasteiger partial charge in [-0.1, -0.05) is 12.1 Å². The number of ether oxygens (including phenoxy) is 2. The molecule has 3 aromatic rings. The van der Waals surface area contributed by atoms with Crippen LogP contribution in [-0.2, 0) is 13.0 Å². The van der Waals surface area contributed by atoms with Gasteiger partial charge in [0.1, 0.15) is 5.82 Å². The summed E-state index contributed by atoms with van der Waals surface area (Å²) in [6, 6.07) is 16.5. The van der Waals surface area contributed by atoms with Crippen LogP contribution in [0.15, 0.2) is 60.7 Å². The Balaban J connectivity index is 1.42. The van der Waals surface area contributed by atoms with E-state index in [9.17, 15) is 14.0 Å². The molecular weight excluding hydrogens is 435 g/mol. The van der Waals surface area contributed by atoms with Gasteiger partial charge in [0, 0.05) is 29.9 Å². The first-order valence-electron chi connectivity index (χ1n) is 11.4. The SMILES string of the molecule is CCOc1ccc(C(=O)NCc2ccc3c(c2)CCN3C(=O)c2ccc(F)cc2)cc1OCC. The zero-order valence-electron chi connectivity index (χ0n) is 19.3. The molecule has 0 unspecified atom stereocenters. The van der Waals surface area contributed by atoms with Crippen LogP contribution in [0.3, 0.4) is 0 Å². The molecule has 0 spiro atoms. The summed E-state index contributed by atoms with van der Waals surface area (Å²) in [5.74, 6) is 0.419. The molecule has 4 rings (SSSR count). The van der Waals surface area contributed by atoms with E-state index in [1.54, 1.807) is 23.1 Å². The minimum absolute atomic E-state index is 0.152. The summed E-state index contributed by atoms with van der Waals surface area (Å²) >= 11 is 0. The average molecular weight is 463 g/mol. The fourth-order valence-electron chi connectivity index (χ4n) is 4.00. The summed E-state index contributed by atoms with van der Waals surface area (Å²) in [4.78, 5) is 27.3. The van der Waals surface area contributed by atoms with Crippen LogP contribution in [0.4, 0.5) is 10.1 Å². The fraction of sp³-hybridized carbons (Fsp3) is 0.259. The van der Waals surface area contributed by atoms with Crippen molar-refractivity contribution in [3.05, 3.63) is 88.7 Å². The fourth-order valence-corrected chi connectivity index (χ4v) is 4.00. The Hall–Kier alpha value is -3.87. The van der Waals surface area contributed by atoms with Crippen LogP contribution in [0.2, 0.25) is 0 Å². The van der Waals surface area contributed by atoms with Gasteiger partial charge >= 0.3 is 0 Å². The van der Waals surface area contributed by atoms with Crippen molar-refractivity contribution in [2.45, 2.75) is 26.8 Å². The quantitative estimate of drug-likeness (QED) is 0.524. The first-order valence-corrected chi connectivity index (χ1v) is 11.4. The normalized spacial score (nSPS) is 12.3. The van der Waals surface area contributed by atoms with Crippen LogP contribution in [0.25, 0.3) is 0 Å². The number of rotatable bonds is 8. The second kappa shape index (κ2) is 10.4. The van der Waals surface area contributed by atoms with E-state index in [4.69, 9.17) is 9.47 Å². The van der Waals surface area contributed by atoms with Crippen LogP contribution in [0.5, 0.6) is 11.5 Å². The molecule has 3 aromatic carbocycles. The van der Waals surface area contributed by atoms with Gasteiger partial charge in [-0.3, -0.25) is 9.59 Å². The van der Waals surface area contributed by atoms with Gasteiger partial charge in [-0.2, -0.15) is 0 Å². The lowest BCUT2D eigenvalue weighted by Crippen LogP contribution is -2.28. The summed E-state index contributed by atoms with van der Waals surface area (Å²) < 4.78 is 24.3. The van der Waals surface area contributed by atoms with Crippen LogP contribution in [-0.4, -0.2) is 31.6 Å². The Morgan fingerprint density at radius 3 is 2.35 bits per heavy atom. The largest absolute Gasteiger partial charge is 0.490 e. The second-order valence-corrected chi connectivity index (χ2v) is 7.89. The summed E-state index contributed by atoms with van der Waals surface area (Å²) in [6.45, 7) is 5.68. The number of nitrogens with zero attached hydrogens (tertiary/aromatic N) is 1. The van der Waals surface area contributed by atoms with Crippen molar-refractivity contribution in [2.75, 3.05) is 24.7 Å². The first-order chi connectivity index (χ1) is 16.5. The molecule has 1 heterocycles. The molecule has 0 aromatic heterocycles. The molecule has 1 aliphatic rings. The van der Waals surface area contributed by atoms with E-state index in [2.05, 4.69) is 5.32 Å². The van der Waals surface area contributed by atoms with E-state index in [-0.39, 0.29) is 17.6 Å². The molecule has 6 nitrogen and oxygen atoms in total. The van der Waals surface area contributed by atoms with Crippen LogP contribution in [0.1, 0.15) is 45.7 Å². The van der Waals surface area contributed by atoms with Crippen molar-refractivity contribution in [3.8, 4) is 11.5 Å². The van der Waals surface area contributed by atoms with Gasteiger partial charge in [0.05, 0.1) is 13.2 Å². The Morgan fingerprint density at radius 1 is 0.912 bits per heavy atom. The number of benzene rings is 3. The lowest BCUT2D eigenvalue weighted by Gasteiger charge is -2.18. The predicted molar refractivity (Wildman–Crippen MR) is 128 cm³/mol. The summed E-state index contributed by atoms with van der Waals surface area (Å²) in [5.41, 5.74) is 3.77. The zero-order chi connectivity index (χ0) is 24.1. The van der Waals surface area contributed by atoms with Gasteiger partial charge in [-0.25, -0.2) is 4.39 Å². The van der Waals surface area contributed by atoms with Crippen molar-refractivity contribution >= 4 is 17.5 Å². The average Bonchev–Trinajstić information content (AvgIpc) is 3.27. The predicted octanol–water partition coefficient (Wildman–Crippen LogP) is 4.76. The Morgan fingerprint density at radius 2 is 1.62 bits per heavy atom. The van der Waals surface area contributed by atoms with Crippen molar-refractivity contribution in [1.82, 2.24) is 5.32 Å². The number of carbonyl (C=O) groups excluding carboxylic acids is 2. The van der Waals surface area contributed by atoms with E-state index >= 15 is 0 Å². The van der Waals surface area contributed by atoms with Gasteiger partial charge in [0.2, 0.25) is 0 Å². The van der Waals surface area contributed by atoms with E-state index < -0.39 is 0 Å². The summed E-state index contributed by atoms with van der Waals surface area (Å²) in [7, 11) is 0. The standard InChI is InChI=1S/C27H27FN2O4/c1-3-33-24-12-8-21(16-25(24)34-4-2)26(31)29-17-18-5-11-23-20(15-18)13-14-30(23)27(32)19-6-9-22(28)10-7-19/h5-12,15-16H,3-4,13-14,17H2,1-2H3,(H,29,31). The number of anilines is 1. The molecule has 0 bridgehead atoms. The zero-order valence-corrected chi connectivity index (χ0v) is 19.3. The van der Waals surface area contributed by atoms with Gasteiger partial charge in [0.25, 0.3) is 11.8 Å². The van der Waals surface area contributed by atoms with Crippen molar-refractivity contribution in [3.63, 3.8) is 0 Å². The van der Waals surface area contributed by atoms with Gasteiger partial charge in [-0.05, 0) is 79.9 Å². The topological polar surface area (TPSA) is 67.9 Å². The molecular formula is C27H27FN2O4. The minimum Gasteiger partial charge on any atom is -0.490 e. The number of halogens is 1. The number of hydrogen-bond acceptors (Lipinski definition) is 4. The minimum atomic E-state index is -0.371. The van der Waals surface area contributed by atoms with Crippen molar-refractivity contribution < 1.29 is 23.5 Å². The van der Waals surface area contributed by atoms with E-state index in [0.29, 0.717) is 48.9 Å². The first kappa shape index (κ1) is 23.3. The molecule has 176 valence electrons. The molecule has 0 saturated carbocycles. The lowest BCUT2D eigenvalue weighted by molar-refractivity contribution is 0.0949. The smallest absolute Gasteiger partial charge is 0.258 e. The number of fused-ring (bicyclic) bond motifs is 1. The monoisotopic (exact) mass is 462 g/mol. The molecule has 0 saturated heterocycles. The highest BCUT2D eigenvalue weighted by Crippen LogP contribution is 2.31. The Labute approximate surface area is 198 Å². The highest BCUT2D eigenvalue weighted by atomic mass is 19.1. The maximum atomic E-state index is 13.2. The third kappa shape index (κ3) is 5.03. The maximum Gasteiger partial charge on any atom is 0.258 e. The molecule has 1 aliphatic heterocycles. The Kier molecular flexibility index (Phi) is 7.11. The third-order valence-electron chi connectivity index (χ3n) is 5.63. The highest BCUT2D eigenvalue weighted by Gasteiger charge is 2.25. The van der Waals surface area contributed by atoms with Crippen molar-refractivity contribution in [2.24, 2.45) is 0 Å². The molecule has 7 heteroatoms. The highest BCUT2D eigenvalue weighted by molar-refractivity contribution is 6.07. The van der Waals surface area contributed by atoms with Crippen LogP contribution in [0, 0.1) is 5.82 Å². The molecule has 1 N–H and O–H groups in total. The van der Waals surface area contributed by atoms with E-state index in [1.165, 1.54) is 24.3 Å². The van der Waals surface area contributed by atoms with Crippen molar-refractivity contribution in [1.29, 1.82) is 0 Å². The van der Waals surface area contributed by atoms with Gasteiger partial charge in [-0.15, -0.1) is 0 Å². The lowest BCUT2D eigenvalue weighted by atomic mass is 10.1. The molecule has 34 heavy (non-hydrogen) atoms. The number of hydrogen-bond donors (Lipinski definition) is 1. The second-order valence-electron chi connectivity index (χ2n) is 7.89. The molecule has 0 fully saturated rings. The van der Waals surface area contributed by atoms with Crippen LogP contribution < -0.4 is 19.7 Å². The number of amides is 2. The Bertz CT molecular complexity index is 1190. The summed E-state index contributed by atoms with van der Waals surface area (Å²) in [6.07, 6.45) is 0.723. The molecule has 0 radical (unpaired) electrons. The third-order valence-corrected chi connectivity index (χ3v) is 5.63. The van der Waals surface area contributed by atoms with Gasteiger partial charge < -0.3 is 19.7 Å². The summed E-state index contributed by atoms with van der Waals surface area (Å²) in [5, 5.41) is 2.94. The molecule has 0 atom stereocenters. The molecule has 0 aliphatic carbocycles. The van der Waals surface area contributed by atoms with Gasteiger partial charge in [0.15, 0.2) is 11.5 Å². The maximum absolute atomic E-state index is 13.2. The van der Waals surface area contributed by atoms with E-state index in [0.717, 1.165) is 23.2 Å². The van der Waals surface area contributed by atoms with E-state index in [1.807, 2.05) is 32.0 Å². The number of nitrogens with one attached hydrogen (secondary N) is 1. The molecule has 2 amide bonds.